The lowest BCUT2D eigenvalue weighted by Crippen LogP contribution is -1.90. The molecule has 56 valence electrons. The third-order valence-electron chi connectivity index (χ3n) is 1.91. The molecule has 0 radical (unpaired) electrons. The van der Waals surface area contributed by atoms with Crippen molar-refractivity contribution in [3.8, 4) is 5.88 Å². The highest BCUT2D eigenvalue weighted by Crippen LogP contribution is 2.28. The molecule has 1 aromatic heterocycles. The summed E-state index contributed by atoms with van der Waals surface area (Å²) in [6.45, 7) is 1.98. The summed E-state index contributed by atoms with van der Waals surface area (Å²) in [5, 5.41) is 9.26. The minimum atomic E-state index is 0.114. The first-order valence-electron chi connectivity index (χ1n) is 3.49. The summed E-state index contributed by atoms with van der Waals surface area (Å²) in [7, 11) is 0. The van der Waals surface area contributed by atoms with Crippen LogP contribution in [0.3, 0.4) is 0 Å². The van der Waals surface area contributed by atoms with Gasteiger partial charge in [0.25, 0.3) is 0 Å². The van der Waals surface area contributed by atoms with E-state index in [1.807, 2.05) is 13.0 Å². The van der Waals surface area contributed by atoms with Crippen molar-refractivity contribution in [3.05, 3.63) is 23.7 Å². The van der Waals surface area contributed by atoms with E-state index < -0.39 is 0 Å². The molecule has 11 heavy (non-hydrogen) atoms. The van der Waals surface area contributed by atoms with E-state index in [-0.39, 0.29) is 5.88 Å². The average Bonchev–Trinajstić information content (AvgIpc) is 2.35. The van der Waals surface area contributed by atoms with Gasteiger partial charge in [-0.2, -0.15) is 0 Å². The van der Waals surface area contributed by atoms with E-state index in [1.165, 1.54) is 6.33 Å². The van der Waals surface area contributed by atoms with Gasteiger partial charge in [0.05, 0.1) is 5.69 Å². The van der Waals surface area contributed by atoms with Gasteiger partial charge in [0.15, 0.2) is 0 Å². The van der Waals surface area contributed by atoms with Crippen LogP contribution in [0.2, 0.25) is 0 Å². The molecule has 0 aromatic carbocycles. The van der Waals surface area contributed by atoms with Crippen molar-refractivity contribution in [3.63, 3.8) is 0 Å². The highest BCUT2D eigenvalue weighted by molar-refractivity contribution is 5.69. The van der Waals surface area contributed by atoms with Gasteiger partial charge in [-0.3, -0.25) is 0 Å². The SMILES string of the molecule is CC1=CCc2c(O)ncnc21. The third-order valence-corrected chi connectivity index (χ3v) is 1.91. The Morgan fingerprint density at radius 3 is 3.00 bits per heavy atom. The van der Waals surface area contributed by atoms with Gasteiger partial charge in [0.2, 0.25) is 5.88 Å². The molecule has 0 unspecified atom stereocenters. The van der Waals surface area contributed by atoms with Gasteiger partial charge in [0, 0.05) is 5.56 Å². The van der Waals surface area contributed by atoms with Gasteiger partial charge in [-0.15, -0.1) is 0 Å². The van der Waals surface area contributed by atoms with Crippen molar-refractivity contribution in [2.24, 2.45) is 0 Å². The number of allylic oxidation sites excluding steroid dienone is 2. The molecule has 1 N–H and O–H groups in total. The predicted octanol–water partition coefficient (Wildman–Crippen LogP) is 1.14. The van der Waals surface area contributed by atoms with Crippen molar-refractivity contribution in [1.29, 1.82) is 0 Å². The molecular formula is C8H8N2O. The summed E-state index contributed by atoms with van der Waals surface area (Å²) in [6, 6.07) is 0. The first-order chi connectivity index (χ1) is 5.29. The second kappa shape index (κ2) is 2.05. The zero-order valence-electron chi connectivity index (χ0n) is 6.20. The van der Waals surface area contributed by atoms with Gasteiger partial charge in [0.1, 0.15) is 6.33 Å². The quantitative estimate of drug-likeness (QED) is 0.600. The molecule has 3 nitrogen and oxygen atoms in total. The van der Waals surface area contributed by atoms with Crippen molar-refractivity contribution in [2.45, 2.75) is 13.3 Å². The normalized spacial score (nSPS) is 14.5. The van der Waals surface area contributed by atoms with Crippen LogP contribution in [0, 0.1) is 0 Å². The fourth-order valence-corrected chi connectivity index (χ4v) is 1.28. The highest BCUT2D eigenvalue weighted by Gasteiger charge is 2.15. The van der Waals surface area contributed by atoms with Crippen LogP contribution >= 0.6 is 0 Å². The lowest BCUT2D eigenvalue weighted by Gasteiger charge is -1.99. The monoisotopic (exact) mass is 148 g/mol. The summed E-state index contributed by atoms with van der Waals surface area (Å²) in [5.74, 6) is 0.114. The van der Waals surface area contributed by atoms with Crippen molar-refractivity contribution in [2.75, 3.05) is 0 Å². The number of hydrogen-bond acceptors (Lipinski definition) is 3. The molecular weight excluding hydrogens is 140 g/mol. The Morgan fingerprint density at radius 2 is 2.27 bits per heavy atom. The molecule has 0 saturated heterocycles. The largest absolute Gasteiger partial charge is 0.493 e. The maximum atomic E-state index is 9.26. The summed E-state index contributed by atoms with van der Waals surface area (Å²) >= 11 is 0. The fourth-order valence-electron chi connectivity index (χ4n) is 1.28. The van der Waals surface area contributed by atoms with Gasteiger partial charge >= 0.3 is 0 Å². The first-order valence-corrected chi connectivity index (χ1v) is 3.49. The predicted molar refractivity (Wildman–Crippen MR) is 41.1 cm³/mol. The van der Waals surface area contributed by atoms with E-state index >= 15 is 0 Å². The Hall–Kier alpha value is -1.38. The average molecular weight is 148 g/mol. The number of rotatable bonds is 0. The van der Waals surface area contributed by atoms with Crippen LogP contribution in [0.25, 0.3) is 5.57 Å². The standard InChI is InChI=1S/C8H8N2O/c1-5-2-3-6-7(5)9-4-10-8(6)11/h2,4H,3H2,1H3,(H,9,10,11). The maximum absolute atomic E-state index is 9.26. The van der Waals surface area contributed by atoms with Crippen LogP contribution in [0.15, 0.2) is 12.4 Å². The molecule has 0 bridgehead atoms. The van der Waals surface area contributed by atoms with Crippen LogP contribution < -0.4 is 0 Å². The number of aromatic nitrogens is 2. The smallest absolute Gasteiger partial charge is 0.218 e. The summed E-state index contributed by atoms with van der Waals surface area (Å²) in [5.41, 5.74) is 2.86. The van der Waals surface area contributed by atoms with Crippen LogP contribution in [0.4, 0.5) is 0 Å². The maximum Gasteiger partial charge on any atom is 0.218 e. The van der Waals surface area contributed by atoms with E-state index in [0.717, 1.165) is 23.3 Å². The highest BCUT2D eigenvalue weighted by atomic mass is 16.3. The lowest BCUT2D eigenvalue weighted by atomic mass is 10.2. The Kier molecular flexibility index (Phi) is 1.18. The van der Waals surface area contributed by atoms with Crippen molar-refractivity contribution in [1.82, 2.24) is 9.97 Å². The van der Waals surface area contributed by atoms with E-state index in [4.69, 9.17) is 0 Å². The first kappa shape index (κ1) is 6.34. The third kappa shape index (κ3) is 0.808. The van der Waals surface area contributed by atoms with Gasteiger partial charge in [-0.05, 0) is 18.9 Å². The molecule has 0 fully saturated rings. The molecule has 0 amide bonds. The molecule has 2 rings (SSSR count). The molecule has 1 aliphatic carbocycles. The van der Waals surface area contributed by atoms with Crippen molar-refractivity contribution < 1.29 is 5.11 Å². The second-order valence-electron chi connectivity index (χ2n) is 2.62. The molecule has 0 aliphatic heterocycles. The summed E-state index contributed by atoms with van der Waals surface area (Å²) in [6.07, 6.45) is 4.18. The van der Waals surface area contributed by atoms with Gasteiger partial charge in [-0.1, -0.05) is 6.08 Å². The number of aromatic hydroxyl groups is 1. The van der Waals surface area contributed by atoms with E-state index in [9.17, 15) is 5.11 Å². The van der Waals surface area contributed by atoms with Crippen LogP contribution in [-0.2, 0) is 6.42 Å². The Balaban J connectivity index is 2.64. The zero-order chi connectivity index (χ0) is 7.84. The molecule has 1 aliphatic rings. The summed E-state index contributed by atoms with van der Waals surface area (Å²) in [4.78, 5) is 7.76. The molecule has 0 saturated carbocycles. The molecule has 1 heterocycles. The molecule has 1 aromatic rings. The summed E-state index contributed by atoms with van der Waals surface area (Å²) < 4.78 is 0. The van der Waals surface area contributed by atoms with E-state index in [0.29, 0.717) is 0 Å². The van der Waals surface area contributed by atoms with E-state index in [1.54, 1.807) is 0 Å². The number of nitrogens with zero attached hydrogens (tertiary/aromatic N) is 2. The minimum Gasteiger partial charge on any atom is -0.493 e. The second-order valence-corrected chi connectivity index (χ2v) is 2.62. The van der Waals surface area contributed by atoms with Gasteiger partial charge < -0.3 is 5.11 Å². The number of fused-ring (bicyclic) bond motifs is 1. The van der Waals surface area contributed by atoms with Crippen molar-refractivity contribution >= 4 is 5.57 Å². The van der Waals surface area contributed by atoms with Crippen LogP contribution in [0.5, 0.6) is 5.88 Å². The lowest BCUT2D eigenvalue weighted by molar-refractivity contribution is 0.446. The zero-order valence-corrected chi connectivity index (χ0v) is 6.20. The Morgan fingerprint density at radius 1 is 1.45 bits per heavy atom. The fraction of sp³-hybridized carbons (Fsp3) is 0.250. The van der Waals surface area contributed by atoms with E-state index in [2.05, 4.69) is 9.97 Å². The molecule has 0 atom stereocenters. The van der Waals surface area contributed by atoms with Crippen LogP contribution in [0.1, 0.15) is 18.2 Å². The molecule has 0 spiro atoms. The van der Waals surface area contributed by atoms with Crippen LogP contribution in [-0.4, -0.2) is 15.1 Å². The minimum absolute atomic E-state index is 0.114. The Bertz CT molecular complexity index is 331. The molecule has 3 heteroatoms. The van der Waals surface area contributed by atoms with Gasteiger partial charge in [-0.25, -0.2) is 9.97 Å². The topological polar surface area (TPSA) is 46.0 Å². The Labute approximate surface area is 64.4 Å². The number of hydrogen-bond donors (Lipinski definition) is 1.